The molecule has 1 fully saturated rings. The molecule has 2 heterocycles. The largest absolute Gasteiger partial charge is 0.384 e. The molecule has 1 aliphatic rings. The van der Waals surface area contributed by atoms with Crippen LogP contribution in [0, 0.1) is 10.8 Å². The summed E-state index contributed by atoms with van der Waals surface area (Å²) in [4.78, 5) is 6.39. The van der Waals surface area contributed by atoms with Crippen LogP contribution in [0.3, 0.4) is 0 Å². The highest BCUT2D eigenvalue weighted by molar-refractivity contribution is 6.00. The monoisotopic (exact) mass is 218 g/mol. The average molecular weight is 218 g/mol. The SMILES string of the molecule is CC1(C)CCN(c2cnccc2C(=N)N)C1. The van der Waals surface area contributed by atoms with Crippen LogP contribution in [-0.4, -0.2) is 23.9 Å². The molecule has 1 aliphatic heterocycles. The normalized spacial score (nSPS) is 18.8. The molecule has 0 aromatic carbocycles. The number of aromatic nitrogens is 1. The number of anilines is 1. The van der Waals surface area contributed by atoms with Gasteiger partial charge in [0, 0.05) is 24.8 Å². The highest BCUT2D eigenvalue weighted by Gasteiger charge is 2.30. The van der Waals surface area contributed by atoms with Crippen LogP contribution in [-0.2, 0) is 0 Å². The number of nitrogen functional groups attached to an aromatic ring is 1. The number of nitrogens with one attached hydrogen (secondary N) is 1. The van der Waals surface area contributed by atoms with Gasteiger partial charge in [-0.15, -0.1) is 0 Å². The summed E-state index contributed by atoms with van der Waals surface area (Å²) in [5.74, 6) is 0.113. The molecule has 0 saturated carbocycles. The van der Waals surface area contributed by atoms with E-state index in [1.807, 2.05) is 6.07 Å². The first-order valence-corrected chi connectivity index (χ1v) is 5.53. The quantitative estimate of drug-likeness (QED) is 0.585. The summed E-state index contributed by atoms with van der Waals surface area (Å²) in [7, 11) is 0. The van der Waals surface area contributed by atoms with Crippen molar-refractivity contribution in [2.75, 3.05) is 18.0 Å². The van der Waals surface area contributed by atoms with Crippen LogP contribution in [0.4, 0.5) is 5.69 Å². The second kappa shape index (κ2) is 3.77. The number of amidine groups is 1. The Hall–Kier alpha value is -1.58. The number of nitrogens with two attached hydrogens (primary N) is 1. The fraction of sp³-hybridized carbons (Fsp3) is 0.500. The van der Waals surface area contributed by atoms with Gasteiger partial charge in [0.05, 0.1) is 11.9 Å². The summed E-state index contributed by atoms with van der Waals surface area (Å²) in [5, 5.41) is 7.56. The maximum atomic E-state index is 7.56. The van der Waals surface area contributed by atoms with Gasteiger partial charge in [0.15, 0.2) is 0 Å². The van der Waals surface area contributed by atoms with Gasteiger partial charge in [-0.05, 0) is 17.9 Å². The lowest BCUT2D eigenvalue weighted by molar-refractivity contribution is 0.418. The van der Waals surface area contributed by atoms with Gasteiger partial charge in [0.25, 0.3) is 0 Å². The van der Waals surface area contributed by atoms with Crippen molar-refractivity contribution in [1.82, 2.24) is 4.98 Å². The smallest absolute Gasteiger partial charge is 0.125 e. The van der Waals surface area contributed by atoms with E-state index in [-0.39, 0.29) is 5.84 Å². The predicted molar refractivity (Wildman–Crippen MR) is 65.9 cm³/mol. The van der Waals surface area contributed by atoms with E-state index >= 15 is 0 Å². The zero-order valence-corrected chi connectivity index (χ0v) is 9.83. The van der Waals surface area contributed by atoms with Gasteiger partial charge < -0.3 is 10.6 Å². The summed E-state index contributed by atoms with van der Waals surface area (Å²) in [6.45, 7) is 6.53. The first kappa shape index (κ1) is 10.9. The number of nitrogens with zero attached hydrogens (tertiary/aromatic N) is 2. The van der Waals surface area contributed by atoms with Crippen molar-refractivity contribution in [3.05, 3.63) is 24.0 Å². The number of pyridine rings is 1. The maximum Gasteiger partial charge on any atom is 0.125 e. The van der Waals surface area contributed by atoms with Crippen molar-refractivity contribution in [3.8, 4) is 0 Å². The molecule has 86 valence electrons. The highest BCUT2D eigenvalue weighted by Crippen LogP contribution is 2.33. The van der Waals surface area contributed by atoms with E-state index < -0.39 is 0 Å². The maximum absolute atomic E-state index is 7.56. The molecule has 0 bridgehead atoms. The summed E-state index contributed by atoms with van der Waals surface area (Å²) < 4.78 is 0. The molecule has 1 aromatic rings. The fourth-order valence-electron chi connectivity index (χ4n) is 2.18. The fourth-order valence-corrected chi connectivity index (χ4v) is 2.18. The summed E-state index contributed by atoms with van der Waals surface area (Å²) in [5.41, 5.74) is 7.69. The molecule has 0 atom stereocenters. The lowest BCUT2D eigenvalue weighted by Gasteiger charge is -2.23. The Kier molecular flexibility index (Phi) is 2.58. The van der Waals surface area contributed by atoms with Crippen molar-refractivity contribution < 1.29 is 0 Å². The summed E-state index contributed by atoms with van der Waals surface area (Å²) >= 11 is 0. The van der Waals surface area contributed by atoms with Gasteiger partial charge in [-0.3, -0.25) is 10.4 Å². The van der Waals surface area contributed by atoms with E-state index in [4.69, 9.17) is 11.1 Å². The predicted octanol–water partition coefficient (Wildman–Crippen LogP) is 1.60. The molecular formula is C12H18N4. The molecule has 4 nitrogen and oxygen atoms in total. The van der Waals surface area contributed by atoms with E-state index in [1.165, 1.54) is 6.42 Å². The zero-order chi connectivity index (χ0) is 11.8. The molecule has 16 heavy (non-hydrogen) atoms. The van der Waals surface area contributed by atoms with Crippen LogP contribution >= 0.6 is 0 Å². The Balaban J connectivity index is 2.31. The summed E-state index contributed by atoms with van der Waals surface area (Å²) in [6, 6.07) is 1.81. The topological polar surface area (TPSA) is 66.0 Å². The zero-order valence-electron chi connectivity index (χ0n) is 9.83. The minimum Gasteiger partial charge on any atom is -0.384 e. The van der Waals surface area contributed by atoms with Crippen LogP contribution in [0.2, 0.25) is 0 Å². The molecule has 1 aromatic heterocycles. The molecule has 0 spiro atoms. The average Bonchev–Trinajstić information content (AvgIpc) is 2.59. The Morgan fingerprint density at radius 3 is 2.88 bits per heavy atom. The lowest BCUT2D eigenvalue weighted by Crippen LogP contribution is -2.26. The van der Waals surface area contributed by atoms with Crippen LogP contribution in [0.5, 0.6) is 0 Å². The van der Waals surface area contributed by atoms with Gasteiger partial charge in [-0.1, -0.05) is 13.8 Å². The van der Waals surface area contributed by atoms with Gasteiger partial charge in [-0.2, -0.15) is 0 Å². The van der Waals surface area contributed by atoms with Crippen LogP contribution in [0.15, 0.2) is 18.5 Å². The van der Waals surface area contributed by atoms with Crippen molar-refractivity contribution in [3.63, 3.8) is 0 Å². The first-order valence-electron chi connectivity index (χ1n) is 5.53. The molecule has 0 radical (unpaired) electrons. The van der Waals surface area contributed by atoms with Gasteiger partial charge in [-0.25, -0.2) is 0 Å². The van der Waals surface area contributed by atoms with Crippen LogP contribution in [0.1, 0.15) is 25.8 Å². The van der Waals surface area contributed by atoms with Gasteiger partial charge in [0.2, 0.25) is 0 Å². The third-order valence-corrected chi connectivity index (χ3v) is 3.11. The van der Waals surface area contributed by atoms with Crippen molar-refractivity contribution in [2.45, 2.75) is 20.3 Å². The molecule has 2 rings (SSSR count). The molecular weight excluding hydrogens is 200 g/mol. The van der Waals surface area contributed by atoms with E-state index in [1.54, 1.807) is 12.4 Å². The lowest BCUT2D eigenvalue weighted by atomic mass is 9.93. The number of hydrogen-bond acceptors (Lipinski definition) is 3. The first-order chi connectivity index (χ1) is 7.49. The standard InChI is InChI=1S/C12H18N4/c1-12(2)4-6-16(8-12)10-7-15-5-3-9(10)11(13)14/h3,5,7H,4,6,8H2,1-2H3,(H3,13,14). The van der Waals surface area contributed by atoms with Crippen molar-refractivity contribution in [1.29, 1.82) is 5.41 Å². The van der Waals surface area contributed by atoms with E-state index in [0.717, 1.165) is 24.3 Å². The minimum absolute atomic E-state index is 0.113. The highest BCUT2D eigenvalue weighted by atomic mass is 15.2. The third-order valence-electron chi connectivity index (χ3n) is 3.11. The molecule has 0 unspecified atom stereocenters. The summed E-state index contributed by atoms with van der Waals surface area (Å²) in [6.07, 6.45) is 4.65. The second-order valence-corrected chi connectivity index (χ2v) is 5.14. The van der Waals surface area contributed by atoms with Crippen LogP contribution < -0.4 is 10.6 Å². The Morgan fingerprint density at radius 1 is 1.56 bits per heavy atom. The molecule has 1 saturated heterocycles. The Labute approximate surface area is 96.0 Å². The van der Waals surface area contributed by atoms with E-state index in [9.17, 15) is 0 Å². The molecule has 3 N–H and O–H groups in total. The molecule has 0 aliphatic carbocycles. The van der Waals surface area contributed by atoms with Crippen LogP contribution in [0.25, 0.3) is 0 Å². The minimum atomic E-state index is 0.113. The van der Waals surface area contributed by atoms with Crippen molar-refractivity contribution in [2.24, 2.45) is 11.1 Å². The third kappa shape index (κ3) is 2.01. The van der Waals surface area contributed by atoms with E-state index in [0.29, 0.717) is 5.41 Å². The van der Waals surface area contributed by atoms with Gasteiger partial charge in [0.1, 0.15) is 5.84 Å². The van der Waals surface area contributed by atoms with Gasteiger partial charge >= 0.3 is 0 Å². The molecule has 0 amide bonds. The van der Waals surface area contributed by atoms with Crippen molar-refractivity contribution >= 4 is 11.5 Å². The number of hydrogen-bond donors (Lipinski definition) is 2. The Morgan fingerprint density at radius 2 is 2.31 bits per heavy atom. The molecule has 4 heteroatoms. The second-order valence-electron chi connectivity index (χ2n) is 5.14. The van der Waals surface area contributed by atoms with E-state index in [2.05, 4.69) is 23.7 Å². The Bertz CT molecular complexity index is 411. The number of rotatable bonds is 2.